The number of benzene rings is 2. The minimum Gasteiger partial charge on any atom is -0.493 e. The molecule has 0 spiro atoms. The summed E-state index contributed by atoms with van der Waals surface area (Å²) < 4.78 is 16.5. The Morgan fingerprint density at radius 1 is 1.03 bits per heavy atom. The van der Waals surface area contributed by atoms with Crippen LogP contribution in [-0.2, 0) is 12.2 Å². The second kappa shape index (κ2) is 9.98. The Balaban J connectivity index is 1.36. The number of rotatable bonds is 9. The van der Waals surface area contributed by atoms with Gasteiger partial charge < -0.3 is 13.9 Å². The van der Waals surface area contributed by atoms with Crippen molar-refractivity contribution < 1.29 is 13.9 Å². The Bertz CT molecular complexity index is 1130. The smallest absolute Gasteiger partial charge is 0.276 e. The first-order valence-corrected chi connectivity index (χ1v) is 11.7. The van der Waals surface area contributed by atoms with Gasteiger partial charge >= 0.3 is 0 Å². The molecule has 4 rings (SSSR count). The van der Waals surface area contributed by atoms with E-state index in [0.717, 1.165) is 22.7 Å². The summed E-state index contributed by atoms with van der Waals surface area (Å²) in [6, 6.07) is 16.2. The first kappa shape index (κ1) is 21.4. The first-order valence-electron chi connectivity index (χ1n) is 9.83. The van der Waals surface area contributed by atoms with Crippen molar-refractivity contribution in [3.8, 4) is 22.1 Å². The molecule has 8 heteroatoms. The highest BCUT2D eigenvalue weighted by Gasteiger charge is 2.14. The molecule has 0 bridgehead atoms. The van der Waals surface area contributed by atoms with Crippen molar-refractivity contribution in [3.05, 3.63) is 71.1 Å². The average Bonchev–Trinajstić information content (AvgIpc) is 3.47. The lowest BCUT2D eigenvalue weighted by atomic mass is 9.98. The topological polar surface area (TPSA) is 70.3 Å². The summed E-state index contributed by atoms with van der Waals surface area (Å²) in [6.07, 6.45) is 0.720. The lowest BCUT2D eigenvalue weighted by molar-refractivity contribution is 0.355. The van der Waals surface area contributed by atoms with Gasteiger partial charge in [-0.1, -0.05) is 49.0 Å². The fourth-order valence-corrected chi connectivity index (χ4v) is 4.75. The van der Waals surface area contributed by atoms with E-state index >= 15 is 0 Å². The predicted molar refractivity (Wildman–Crippen MR) is 123 cm³/mol. The molecule has 0 N–H and O–H groups in total. The van der Waals surface area contributed by atoms with E-state index in [2.05, 4.69) is 29.3 Å². The van der Waals surface area contributed by atoms with Crippen molar-refractivity contribution >= 4 is 23.1 Å². The molecule has 0 saturated heterocycles. The van der Waals surface area contributed by atoms with Gasteiger partial charge in [0.25, 0.3) is 5.22 Å². The molecule has 0 fully saturated rings. The molecule has 31 heavy (non-hydrogen) atoms. The van der Waals surface area contributed by atoms with Gasteiger partial charge in [0.2, 0.25) is 5.89 Å². The Labute approximate surface area is 189 Å². The van der Waals surface area contributed by atoms with Gasteiger partial charge in [0, 0.05) is 23.1 Å². The fourth-order valence-electron chi connectivity index (χ4n) is 3.15. The van der Waals surface area contributed by atoms with Gasteiger partial charge in [-0.25, -0.2) is 4.98 Å². The molecule has 2 heterocycles. The van der Waals surface area contributed by atoms with Crippen LogP contribution in [0.15, 0.2) is 63.6 Å². The molecule has 0 aliphatic heterocycles. The molecule has 0 radical (unpaired) electrons. The van der Waals surface area contributed by atoms with Crippen molar-refractivity contribution in [1.29, 1.82) is 0 Å². The average molecular weight is 454 g/mol. The van der Waals surface area contributed by atoms with Crippen LogP contribution < -0.4 is 9.47 Å². The second-order valence-corrected chi connectivity index (χ2v) is 8.76. The molecule has 0 amide bonds. The molecule has 0 aliphatic rings. The molecule has 0 unspecified atom stereocenters. The summed E-state index contributed by atoms with van der Waals surface area (Å²) in [4.78, 5) is 4.73. The van der Waals surface area contributed by atoms with Gasteiger partial charge in [-0.3, -0.25) is 0 Å². The van der Waals surface area contributed by atoms with E-state index < -0.39 is 0 Å². The monoisotopic (exact) mass is 453 g/mol. The Morgan fingerprint density at radius 3 is 2.61 bits per heavy atom. The van der Waals surface area contributed by atoms with Crippen molar-refractivity contribution in [2.75, 3.05) is 14.2 Å². The molecule has 6 nitrogen and oxygen atoms in total. The first-order chi connectivity index (χ1) is 15.2. The molecular formula is C23H23N3O3S2. The Morgan fingerprint density at radius 2 is 1.84 bits per heavy atom. The van der Waals surface area contributed by atoms with E-state index in [0.29, 0.717) is 34.3 Å². The number of aromatic nitrogens is 3. The summed E-state index contributed by atoms with van der Waals surface area (Å²) in [7, 11) is 3.26. The zero-order valence-corrected chi connectivity index (χ0v) is 19.2. The van der Waals surface area contributed by atoms with Crippen LogP contribution in [0.5, 0.6) is 11.5 Å². The highest BCUT2D eigenvalue weighted by molar-refractivity contribution is 7.98. The van der Waals surface area contributed by atoms with E-state index in [-0.39, 0.29) is 0 Å². The number of methoxy groups -OCH3 is 2. The maximum Gasteiger partial charge on any atom is 0.276 e. The third kappa shape index (κ3) is 5.26. The normalized spacial score (nSPS) is 12.0. The summed E-state index contributed by atoms with van der Waals surface area (Å²) >= 11 is 3.09. The van der Waals surface area contributed by atoms with Crippen molar-refractivity contribution in [2.45, 2.75) is 30.2 Å². The minimum absolute atomic E-state index is 0.321. The molecule has 1 atom stereocenters. The van der Waals surface area contributed by atoms with E-state index in [9.17, 15) is 0 Å². The lowest BCUT2D eigenvalue weighted by Gasteiger charge is -2.08. The van der Waals surface area contributed by atoms with Crippen LogP contribution >= 0.6 is 23.1 Å². The van der Waals surface area contributed by atoms with Gasteiger partial charge in [-0.15, -0.1) is 21.5 Å². The zero-order valence-electron chi connectivity index (χ0n) is 17.6. The largest absolute Gasteiger partial charge is 0.493 e. The number of ether oxygens (including phenoxy) is 2. The van der Waals surface area contributed by atoms with Gasteiger partial charge in [-0.2, -0.15) is 0 Å². The number of nitrogens with zero attached hydrogens (tertiary/aromatic N) is 3. The van der Waals surface area contributed by atoms with E-state index in [4.69, 9.17) is 18.9 Å². The summed E-state index contributed by atoms with van der Waals surface area (Å²) in [5.74, 6) is 3.03. The summed E-state index contributed by atoms with van der Waals surface area (Å²) in [5, 5.41) is 11.9. The third-order valence-electron chi connectivity index (χ3n) is 4.82. The van der Waals surface area contributed by atoms with Crippen molar-refractivity contribution in [3.63, 3.8) is 0 Å². The molecule has 2 aromatic heterocycles. The van der Waals surface area contributed by atoms with E-state index in [1.165, 1.54) is 17.3 Å². The zero-order chi connectivity index (χ0) is 21.6. The maximum atomic E-state index is 5.83. The highest BCUT2D eigenvalue weighted by atomic mass is 32.2. The van der Waals surface area contributed by atoms with Gasteiger partial charge in [0.1, 0.15) is 5.01 Å². The SMILES string of the molecule is COc1ccc(-c2nc(CSc3nnc(C[C@H](C)c4ccccc4)o3)cs2)cc1OC. The molecule has 160 valence electrons. The van der Waals surface area contributed by atoms with E-state index in [1.807, 2.05) is 41.8 Å². The standard InChI is InChI=1S/C23H23N3O3S2/c1-15(16-7-5-4-6-8-16)11-21-25-26-23(29-21)31-14-18-13-30-22(24-18)17-9-10-19(27-2)20(12-17)28-3/h4-10,12-13,15H,11,14H2,1-3H3/t15-/m0/s1. The van der Waals surface area contributed by atoms with E-state index in [1.54, 1.807) is 25.6 Å². The molecule has 0 aliphatic carbocycles. The van der Waals surface area contributed by atoms with Crippen LogP contribution in [0.1, 0.15) is 30.0 Å². The van der Waals surface area contributed by atoms with Gasteiger partial charge in [0.15, 0.2) is 11.5 Å². The predicted octanol–water partition coefficient (Wildman–Crippen LogP) is 5.85. The quantitative estimate of drug-likeness (QED) is 0.294. The molecule has 4 aromatic rings. The third-order valence-corrected chi connectivity index (χ3v) is 6.62. The molecule has 2 aromatic carbocycles. The lowest BCUT2D eigenvalue weighted by Crippen LogP contribution is -1.98. The van der Waals surface area contributed by atoms with Crippen LogP contribution in [0, 0.1) is 0 Å². The fraction of sp³-hybridized carbons (Fsp3) is 0.261. The van der Waals surface area contributed by atoms with Crippen LogP contribution in [-0.4, -0.2) is 29.4 Å². The number of thiazole rings is 1. The van der Waals surface area contributed by atoms with Crippen LogP contribution in [0.4, 0.5) is 0 Å². The van der Waals surface area contributed by atoms with Crippen LogP contribution in [0.25, 0.3) is 10.6 Å². The van der Waals surface area contributed by atoms with Crippen LogP contribution in [0.3, 0.4) is 0 Å². The summed E-state index contributed by atoms with van der Waals surface area (Å²) in [5.41, 5.74) is 3.23. The van der Waals surface area contributed by atoms with Crippen LogP contribution in [0.2, 0.25) is 0 Å². The van der Waals surface area contributed by atoms with Crippen molar-refractivity contribution in [1.82, 2.24) is 15.2 Å². The minimum atomic E-state index is 0.321. The number of hydrogen-bond donors (Lipinski definition) is 0. The highest BCUT2D eigenvalue weighted by Crippen LogP contribution is 2.34. The van der Waals surface area contributed by atoms with Gasteiger partial charge in [0.05, 0.1) is 19.9 Å². The Kier molecular flexibility index (Phi) is 6.89. The molecule has 0 saturated carbocycles. The Hall–Kier alpha value is -2.84. The van der Waals surface area contributed by atoms with Gasteiger partial charge in [-0.05, 0) is 29.7 Å². The number of hydrogen-bond acceptors (Lipinski definition) is 8. The number of thioether (sulfide) groups is 1. The van der Waals surface area contributed by atoms with Crippen molar-refractivity contribution in [2.24, 2.45) is 0 Å². The second-order valence-electron chi connectivity index (χ2n) is 6.98. The summed E-state index contributed by atoms with van der Waals surface area (Å²) in [6.45, 7) is 2.16. The maximum absolute atomic E-state index is 5.83. The molecular weight excluding hydrogens is 430 g/mol.